The molecule has 0 aliphatic carbocycles. The number of benzene rings is 1. The summed E-state index contributed by atoms with van der Waals surface area (Å²) in [5.74, 6) is 5.87. The molecule has 14 heteroatoms. The summed E-state index contributed by atoms with van der Waals surface area (Å²) in [5.41, 5.74) is 1.41. The molecule has 47 heavy (non-hydrogen) atoms. The van der Waals surface area contributed by atoms with Crippen LogP contribution in [-0.2, 0) is 14.8 Å². The number of alkyl carbamates (subject to hydrolysis) is 1. The van der Waals surface area contributed by atoms with Gasteiger partial charge < -0.3 is 24.3 Å². The molecule has 0 saturated carbocycles. The molecule has 0 spiro atoms. The maximum atomic E-state index is 13.6. The molecular weight excluding hydrogens is 624 g/mol. The Morgan fingerprint density at radius 2 is 1.72 bits per heavy atom. The van der Waals surface area contributed by atoms with E-state index in [2.05, 4.69) is 41.8 Å². The Kier molecular flexibility index (Phi) is 12.3. The fraction of sp³-hybridized carbons (Fsp3) is 0.303. The van der Waals surface area contributed by atoms with Gasteiger partial charge in [0.05, 0.1) is 7.11 Å². The molecule has 3 aromatic heterocycles. The highest BCUT2D eigenvalue weighted by Gasteiger charge is 2.26. The van der Waals surface area contributed by atoms with Crippen molar-refractivity contribution in [3.63, 3.8) is 0 Å². The number of ether oxygens (including phenoxy) is 4. The van der Waals surface area contributed by atoms with Crippen molar-refractivity contribution < 1.29 is 32.2 Å². The van der Waals surface area contributed by atoms with Crippen molar-refractivity contribution in [3.05, 3.63) is 72.7 Å². The molecule has 1 aromatic carbocycles. The third-order valence-electron chi connectivity index (χ3n) is 6.47. The molecule has 3 heterocycles. The standard InChI is InChI=1S/C33H36N6O7S/c1-5-6-17-35-33(40)45-21-10-9-20-44-32-29(46-27-12-8-7-11-26(27)43-4)31(37-30(38-32)24-15-18-34-19-16-24)39-47(41,42)28-14-13-25(22-36-28)23(2)3/h7-8,11-16,18-19,22-23H,5-6,17,20-21H2,1-4H3,(H,35,40)(H,37,38,39). The topological polar surface area (TPSA) is 164 Å². The smallest absolute Gasteiger partial charge is 0.408 e. The van der Waals surface area contributed by atoms with E-state index >= 15 is 0 Å². The largest absolute Gasteiger partial charge is 0.493 e. The highest BCUT2D eigenvalue weighted by molar-refractivity contribution is 7.92. The van der Waals surface area contributed by atoms with Crippen molar-refractivity contribution in [2.24, 2.45) is 0 Å². The van der Waals surface area contributed by atoms with Crippen LogP contribution in [0.4, 0.5) is 10.6 Å². The minimum absolute atomic E-state index is 0.119. The van der Waals surface area contributed by atoms with Gasteiger partial charge in [0.15, 0.2) is 41.4 Å². The van der Waals surface area contributed by atoms with Crippen molar-refractivity contribution in [1.29, 1.82) is 0 Å². The van der Waals surface area contributed by atoms with Gasteiger partial charge in [-0.25, -0.2) is 14.8 Å². The van der Waals surface area contributed by atoms with Crippen LogP contribution in [-0.4, -0.2) is 61.3 Å². The molecule has 0 saturated heterocycles. The number of nitrogens with zero attached hydrogens (tertiary/aromatic N) is 4. The van der Waals surface area contributed by atoms with Crippen LogP contribution in [0, 0.1) is 11.8 Å². The van der Waals surface area contributed by atoms with E-state index in [1.54, 1.807) is 54.9 Å². The van der Waals surface area contributed by atoms with Crippen LogP contribution in [0.1, 0.15) is 45.1 Å². The Morgan fingerprint density at radius 1 is 0.979 bits per heavy atom. The molecule has 0 aliphatic heterocycles. The SMILES string of the molecule is CCCCNC(=O)OCC#CCOc1nc(-c2ccncc2)nc(NS(=O)(=O)c2ccc(C(C)C)cn2)c1Oc1ccccc1OC. The molecule has 2 N–H and O–H groups in total. The molecule has 0 radical (unpaired) electrons. The van der Waals surface area contributed by atoms with Gasteiger partial charge in [0.2, 0.25) is 5.75 Å². The van der Waals surface area contributed by atoms with Gasteiger partial charge in [-0.1, -0.05) is 57.2 Å². The van der Waals surface area contributed by atoms with Crippen LogP contribution in [0.2, 0.25) is 0 Å². The number of para-hydroxylation sites is 2. The highest BCUT2D eigenvalue weighted by atomic mass is 32.2. The summed E-state index contributed by atoms with van der Waals surface area (Å²) in [4.78, 5) is 29.0. The van der Waals surface area contributed by atoms with Crippen molar-refractivity contribution in [2.45, 2.75) is 44.6 Å². The number of nitrogens with one attached hydrogen (secondary N) is 2. The molecule has 0 fully saturated rings. The van der Waals surface area contributed by atoms with Crippen LogP contribution < -0.4 is 24.2 Å². The molecular formula is C33H36N6O7S. The number of sulfonamides is 1. The zero-order valence-corrected chi connectivity index (χ0v) is 27.3. The summed E-state index contributed by atoms with van der Waals surface area (Å²) in [6.45, 7) is 6.13. The second kappa shape index (κ2) is 16.8. The van der Waals surface area contributed by atoms with Crippen LogP contribution in [0.3, 0.4) is 0 Å². The number of anilines is 1. The van der Waals surface area contributed by atoms with E-state index in [0.29, 0.717) is 17.9 Å². The zero-order chi connectivity index (χ0) is 33.6. The Bertz CT molecular complexity index is 1810. The lowest BCUT2D eigenvalue weighted by Crippen LogP contribution is -2.25. The molecule has 0 atom stereocenters. The minimum Gasteiger partial charge on any atom is -0.493 e. The number of amides is 1. The van der Waals surface area contributed by atoms with Crippen molar-refractivity contribution in [2.75, 3.05) is 31.6 Å². The van der Waals surface area contributed by atoms with Crippen molar-refractivity contribution in [1.82, 2.24) is 25.3 Å². The molecule has 4 aromatic rings. The summed E-state index contributed by atoms with van der Waals surface area (Å²) >= 11 is 0. The lowest BCUT2D eigenvalue weighted by molar-refractivity contribution is 0.160. The van der Waals surface area contributed by atoms with E-state index < -0.39 is 16.1 Å². The van der Waals surface area contributed by atoms with E-state index in [0.717, 1.165) is 18.4 Å². The number of rotatable bonds is 14. The predicted molar refractivity (Wildman–Crippen MR) is 175 cm³/mol. The molecule has 0 bridgehead atoms. The Labute approximate surface area is 274 Å². The maximum Gasteiger partial charge on any atom is 0.408 e. The van der Waals surface area contributed by atoms with Gasteiger partial charge in [-0.05, 0) is 48.2 Å². The van der Waals surface area contributed by atoms with E-state index in [1.165, 1.54) is 19.4 Å². The van der Waals surface area contributed by atoms with E-state index in [-0.39, 0.29) is 53.2 Å². The number of hydrogen-bond donors (Lipinski definition) is 2. The van der Waals surface area contributed by atoms with Crippen LogP contribution >= 0.6 is 0 Å². The summed E-state index contributed by atoms with van der Waals surface area (Å²) in [7, 11) is -2.79. The average molecular weight is 661 g/mol. The molecule has 246 valence electrons. The molecule has 1 amide bonds. The summed E-state index contributed by atoms with van der Waals surface area (Å²) in [6.07, 6.45) is 5.83. The van der Waals surface area contributed by atoms with Crippen molar-refractivity contribution in [3.8, 4) is 46.4 Å². The molecule has 13 nitrogen and oxygen atoms in total. The third kappa shape index (κ3) is 9.78. The van der Waals surface area contributed by atoms with Gasteiger partial charge in [-0.2, -0.15) is 13.4 Å². The summed E-state index contributed by atoms with van der Waals surface area (Å²) in [5, 5.41) is 2.42. The second-order valence-corrected chi connectivity index (χ2v) is 11.8. The fourth-order valence-corrected chi connectivity index (χ4v) is 4.87. The van der Waals surface area contributed by atoms with Gasteiger partial charge >= 0.3 is 6.09 Å². The monoisotopic (exact) mass is 660 g/mol. The number of unbranched alkanes of at least 4 members (excludes halogenated alkanes) is 1. The zero-order valence-electron chi connectivity index (χ0n) is 26.5. The van der Waals surface area contributed by atoms with Gasteiger partial charge in [0, 0.05) is 30.7 Å². The van der Waals surface area contributed by atoms with E-state index in [1.807, 2.05) is 20.8 Å². The molecule has 4 rings (SSSR count). The number of hydrogen-bond acceptors (Lipinski definition) is 11. The highest BCUT2D eigenvalue weighted by Crippen LogP contribution is 2.41. The fourth-order valence-electron chi connectivity index (χ4n) is 3.93. The van der Waals surface area contributed by atoms with Gasteiger partial charge in [0.25, 0.3) is 15.9 Å². The van der Waals surface area contributed by atoms with Crippen molar-refractivity contribution >= 4 is 21.9 Å². The Balaban J connectivity index is 1.71. The molecule has 0 unspecified atom stereocenters. The van der Waals surface area contributed by atoms with Crippen LogP contribution in [0.15, 0.2) is 72.1 Å². The first-order valence-corrected chi connectivity index (χ1v) is 16.3. The lowest BCUT2D eigenvalue weighted by Gasteiger charge is -2.18. The lowest BCUT2D eigenvalue weighted by atomic mass is 10.1. The number of methoxy groups -OCH3 is 1. The quantitative estimate of drug-likeness (QED) is 0.128. The van der Waals surface area contributed by atoms with E-state index in [9.17, 15) is 13.2 Å². The van der Waals surface area contributed by atoms with Crippen LogP contribution in [0.25, 0.3) is 11.4 Å². The maximum absolute atomic E-state index is 13.6. The third-order valence-corrected chi connectivity index (χ3v) is 7.72. The normalized spacial score (nSPS) is 10.8. The average Bonchev–Trinajstić information content (AvgIpc) is 3.08. The molecule has 0 aliphatic rings. The van der Waals surface area contributed by atoms with Crippen LogP contribution in [0.5, 0.6) is 23.1 Å². The van der Waals surface area contributed by atoms with E-state index in [4.69, 9.17) is 18.9 Å². The number of carbonyl (C=O) groups excluding carboxylic acids is 1. The summed E-state index contributed by atoms with van der Waals surface area (Å²) < 4.78 is 52.3. The van der Waals surface area contributed by atoms with Gasteiger partial charge in [0.1, 0.15) is 0 Å². The second-order valence-electron chi connectivity index (χ2n) is 10.2. The number of carbonyl (C=O) groups is 1. The first-order chi connectivity index (χ1) is 22.7. The Hall–Kier alpha value is -5.42. The number of aromatic nitrogens is 4. The minimum atomic E-state index is -4.26. The first-order valence-electron chi connectivity index (χ1n) is 14.8. The van der Waals surface area contributed by atoms with Gasteiger partial charge in [-0.15, -0.1) is 0 Å². The predicted octanol–water partition coefficient (Wildman–Crippen LogP) is 5.57. The first kappa shape index (κ1) is 34.5. The summed E-state index contributed by atoms with van der Waals surface area (Å²) in [6, 6.07) is 13.2. The number of pyridine rings is 2. The van der Waals surface area contributed by atoms with Gasteiger partial charge in [-0.3, -0.25) is 9.71 Å². The Morgan fingerprint density at radius 3 is 2.40 bits per heavy atom.